The van der Waals surface area contributed by atoms with Gasteiger partial charge in [-0.25, -0.2) is 8.78 Å². The van der Waals surface area contributed by atoms with Crippen LogP contribution < -0.4 is 5.73 Å². The Bertz CT molecular complexity index is 393. The highest BCUT2D eigenvalue weighted by Gasteiger charge is 2.18. The van der Waals surface area contributed by atoms with E-state index in [4.69, 9.17) is 5.73 Å². The van der Waals surface area contributed by atoms with Gasteiger partial charge in [0.1, 0.15) is 5.78 Å². The Morgan fingerprint density at radius 3 is 2.71 bits per heavy atom. The number of halogens is 2. The summed E-state index contributed by atoms with van der Waals surface area (Å²) in [5.74, 6) is -2.25. The van der Waals surface area contributed by atoms with Crippen LogP contribution in [0.2, 0.25) is 0 Å². The SMILES string of the molecule is CCCC(CN)C(=O)Cc1cccc(F)c1F. The Balaban J connectivity index is 2.76. The molecule has 94 valence electrons. The van der Waals surface area contributed by atoms with Crippen molar-refractivity contribution in [3.8, 4) is 0 Å². The van der Waals surface area contributed by atoms with Crippen molar-refractivity contribution in [2.75, 3.05) is 6.54 Å². The van der Waals surface area contributed by atoms with Crippen LogP contribution in [-0.4, -0.2) is 12.3 Å². The molecule has 0 fully saturated rings. The molecule has 0 heterocycles. The summed E-state index contributed by atoms with van der Waals surface area (Å²) in [6, 6.07) is 3.86. The van der Waals surface area contributed by atoms with Crippen molar-refractivity contribution in [3.05, 3.63) is 35.4 Å². The summed E-state index contributed by atoms with van der Waals surface area (Å²) in [6.07, 6.45) is 1.44. The van der Waals surface area contributed by atoms with Crippen molar-refractivity contribution in [2.24, 2.45) is 11.7 Å². The number of carbonyl (C=O) groups excluding carboxylic acids is 1. The van der Waals surface area contributed by atoms with E-state index in [1.807, 2.05) is 6.92 Å². The maximum absolute atomic E-state index is 13.4. The molecule has 0 bridgehead atoms. The number of hydrogen-bond acceptors (Lipinski definition) is 2. The molecule has 0 amide bonds. The zero-order valence-corrected chi connectivity index (χ0v) is 9.88. The van der Waals surface area contributed by atoms with Gasteiger partial charge in [-0.2, -0.15) is 0 Å². The minimum atomic E-state index is -0.937. The van der Waals surface area contributed by atoms with E-state index < -0.39 is 11.6 Å². The molecule has 1 atom stereocenters. The van der Waals surface area contributed by atoms with Crippen molar-refractivity contribution < 1.29 is 13.6 Å². The minimum Gasteiger partial charge on any atom is -0.330 e. The van der Waals surface area contributed by atoms with E-state index in [2.05, 4.69) is 0 Å². The van der Waals surface area contributed by atoms with Gasteiger partial charge in [-0.3, -0.25) is 4.79 Å². The second-order valence-electron chi connectivity index (χ2n) is 4.08. The zero-order valence-electron chi connectivity index (χ0n) is 9.88. The normalized spacial score (nSPS) is 12.5. The van der Waals surface area contributed by atoms with E-state index in [1.165, 1.54) is 12.1 Å². The van der Waals surface area contributed by atoms with Crippen LogP contribution in [0.5, 0.6) is 0 Å². The Labute approximate surface area is 99.8 Å². The van der Waals surface area contributed by atoms with Crippen molar-refractivity contribution >= 4 is 5.78 Å². The number of benzene rings is 1. The van der Waals surface area contributed by atoms with Gasteiger partial charge in [-0.05, 0) is 18.1 Å². The van der Waals surface area contributed by atoms with Crippen LogP contribution in [0, 0.1) is 17.6 Å². The van der Waals surface area contributed by atoms with Crippen LogP contribution in [0.15, 0.2) is 18.2 Å². The third-order valence-corrected chi connectivity index (χ3v) is 2.77. The monoisotopic (exact) mass is 241 g/mol. The molecule has 1 unspecified atom stereocenters. The molecule has 0 aliphatic rings. The molecule has 0 spiro atoms. The Morgan fingerprint density at radius 1 is 1.41 bits per heavy atom. The molecule has 0 aliphatic heterocycles. The van der Waals surface area contributed by atoms with Gasteiger partial charge < -0.3 is 5.73 Å². The van der Waals surface area contributed by atoms with Gasteiger partial charge in [-0.1, -0.05) is 25.5 Å². The average molecular weight is 241 g/mol. The van der Waals surface area contributed by atoms with Gasteiger partial charge in [-0.15, -0.1) is 0 Å². The molecular formula is C13H17F2NO. The van der Waals surface area contributed by atoms with Crippen molar-refractivity contribution in [2.45, 2.75) is 26.2 Å². The molecule has 0 radical (unpaired) electrons. The third kappa shape index (κ3) is 3.60. The largest absolute Gasteiger partial charge is 0.330 e. The van der Waals surface area contributed by atoms with Crippen LogP contribution in [0.3, 0.4) is 0 Å². The number of nitrogens with two attached hydrogens (primary N) is 1. The highest BCUT2D eigenvalue weighted by molar-refractivity contribution is 5.83. The number of ketones is 1. The van der Waals surface area contributed by atoms with E-state index in [1.54, 1.807) is 0 Å². The average Bonchev–Trinajstić information content (AvgIpc) is 2.31. The maximum atomic E-state index is 13.4. The molecular weight excluding hydrogens is 224 g/mol. The predicted molar refractivity (Wildman–Crippen MR) is 62.5 cm³/mol. The van der Waals surface area contributed by atoms with Gasteiger partial charge in [0.2, 0.25) is 0 Å². The predicted octanol–water partition coefficient (Wildman–Crippen LogP) is 2.45. The second kappa shape index (κ2) is 6.45. The van der Waals surface area contributed by atoms with Crippen LogP contribution >= 0.6 is 0 Å². The minimum absolute atomic E-state index is 0.0918. The summed E-state index contributed by atoms with van der Waals surface area (Å²) in [4.78, 5) is 11.8. The fourth-order valence-electron chi connectivity index (χ4n) is 1.78. The standard InChI is InChI=1S/C13H17F2NO/c1-2-4-10(8-16)12(17)7-9-5-3-6-11(14)13(9)15/h3,5-6,10H,2,4,7-8,16H2,1H3. The summed E-state index contributed by atoms with van der Waals surface area (Å²) < 4.78 is 26.3. The number of hydrogen-bond donors (Lipinski definition) is 1. The Morgan fingerprint density at radius 2 is 2.12 bits per heavy atom. The van der Waals surface area contributed by atoms with E-state index >= 15 is 0 Å². The molecule has 1 aromatic rings. The number of Topliss-reactive ketones (excluding diaryl/α,β-unsaturated/α-hetero) is 1. The maximum Gasteiger partial charge on any atom is 0.162 e. The highest BCUT2D eigenvalue weighted by Crippen LogP contribution is 2.15. The first-order valence-corrected chi connectivity index (χ1v) is 5.75. The molecule has 0 aromatic heterocycles. The summed E-state index contributed by atoms with van der Waals surface area (Å²) in [5, 5.41) is 0. The first-order chi connectivity index (χ1) is 8.10. The molecule has 0 aliphatic carbocycles. The molecule has 1 aromatic carbocycles. The van der Waals surface area contributed by atoms with Crippen molar-refractivity contribution in [1.82, 2.24) is 0 Å². The van der Waals surface area contributed by atoms with Crippen LogP contribution in [0.4, 0.5) is 8.78 Å². The van der Waals surface area contributed by atoms with Crippen LogP contribution in [-0.2, 0) is 11.2 Å². The Kier molecular flexibility index (Phi) is 5.22. The molecule has 1 rings (SSSR count). The molecule has 2 N–H and O–H groups in total. The lowest BCUT2D eigenvalue weighted by Gasteiger charge is -2.12. The molecule has 0 saturated heterocycles. The fourth-order valence-corrected chi connectivity index (χ4v) is 1.78. The molecule has 4 heteroatoms. The Hall–Kier alpha value is -1.29. The quantitative estimate of drug-likeness (QED) is 0.831. The first kappa shape index (κ1) is 13.8. The van der Waals surface area contributed by atoms with E-state index in [9.17, 15) is 13.6 Å². The smallest absolute Gasteiger partial charge is 0.162 e. The van der Waals surface area contributed by atoms with Crippen molar-refractivity contribution in [3.63, 3.8) is 0 Å². The van der Waals surface area contributed by atoms with E-state index in [0.29, 0.717) is 6.42 Å². The zero-order chi connectivity index (χ0) is 12.8. The second-order valence-corrected chi connectivity index (χ2v) is 4.08. The first-order valence-electron chi connectivity index (χ1n) is 5.75. The molecule has 17 heavy (non-hydrogen) atoms. The van der Waals surface area contributed by atoms with Gasteiger partial charge in [0.25, 0.3) is 0 Å². The summed E-state index contributed by atoms with van der Waals surface area (Å²) >= 11 is 0. The van der Waals surface area contributed by atoms with Gasteiger partial charge in [0.15, 0.2) is 11.6 Å². The highest BCUT2D eigenvalue weighted by atomic mass is 19.2. The lowest BCUT2D eigenvalue weighted by molar-refractivity contribution is -0.122. The molecule has 2 nitrogen and oxygen atoms in total. The topological polar surface area (TPSA) is 43.1 Å². The van der Waals surface area contributed by atoms with E-state index in [0.717, 1.165) is 12.5 Å². The number of carbonyl (C=O) groups is 1. The van der Waals surface area contributed by atoms with E-state index in [-0.39, 0.29) is 30.2 Å². The third-order valence-electron chi connectivity index (χ3n) is 2.77. The van der Waals surface area contributed by atoms with Gasteiger partial charge in [0.05, 0.1) is 0 Å². The summed E-state index contributed by atoms with van der Waals surface area (Å²) in [6.45, 7) is 2.21. The van der Waals surface area contributed by atoms with Gasteiger partial charge >= 0.3 is 0 Å². The molecule has 0 saturated carbocycles. The van der Waals surface area contributed by atoms with Gasteiger partial charge in [0, 0.05) is 18.9 Å². The van der Waals surface area contributed by atoms with Crippen LogP contribution in [0.1, 0.15) is 25.3 Å². The lowest BCUT2D eigenvalue weighted by Crippen LogP contribution is -2.25. The van der Waals surface area contributed by atoms with Crippen LogP contribution in [0.25, 0.3) is 0 Å². The summed E-state index contributed by atoms with van der Waals surface area (Å²) in [7, 11) is 0. The summed E-state index contributed by atoms with van der Waals surface area (Å²) in [5.41, 5.74) is 5.59. The fraction of sp³-hybridized carbons (Fsp3) is 0.462. The van der Waals surface area contributed by atoms with Crippen molar-refractivity contribution in [1.29, 1.82) is 0 Å². The lowest BCUT2D eigenvalue weighted by atomic mass is 9.94. The number of rotatable bonds is 6.